The van der Waals surface area contributed by atoms with Crippen molar-refractivity contribution in [2.24, 2.45) is 11.3 Å². The Balaban J connectivity index is 2.18. The van der Waals surface area contributed by atoms with Crippen LogP contribution in [0.15, 0.2) is 24.3 Å². The molecule has 0 radical (unpaired) electrons. The summed E-state index contributed by atoms with van der Waals surface area (Å²) in [6.07, 6.45) is 0.664. The molecule has 1 fully saturated rings. The van der Waals surface area contributed by atoms with Crippen molar-refractivity contribution in [2.75, 3.05) is 20.2 Å². The molecule has 0 saturated carbocycles. The maximum atomic E-state index is 13.2. The number of ether oxygens (including phenoxy) is 1. The summed E-state index contributed by atoms with van der Waals surface area (Å²) in [5.41, 5.74) is 0.691. The number of benzene rings is 1. The van der Waals surface area contributed by atoms with Gasteiger partial charge in [0, 0.05) is 13.1 Å². The predicted octanol–water partition coefficient (Wildman–Crippen LogP) is 1.77. The number of halogens is 1. The topological polar surface area (TPSA) is 38.3 Å². The van der Waals surface area contributed by atoms with E-state index in [9.17, 15) is 9.18 Å². The molecule has 1 heterocycles. The minimum absolute atomic E-state index is 0.175. The van der Waals surface area contributed by atoms with Crippen molar-refractivity contribution in [3.63, 3.8) is 0 Å². The molecule has 0 aliphatic carbocycles. The SMILES string of the molecule is COC(=O)C1CNCC1(C)Cc1cccc(F)c1. The third-order valence-corrected chi connectivity index (χ3v) is 3.70. The summed E-state index contributed by atoms with van der Waals surface area (Å²) in [5, 5.41) is 3.22. The Morgan fingerprint density at radius 3 is 3.06 bits per heavy atom. The van der Waals surface area contributed by atoms with Crippen molar-refractivity contribution in [3.8, 4) is 0 Å². The number of carbonyl (C=O) groups is 1. The zero-order valence-corrected chi connectivity index (χ0v) is 10.7. The molecule has 1 aliphatic heterocycles. The Morgan fingerprint density at radius 2 is 2.39 bits per heavy atom. The second-order valence-corrected chi connectivity index (χ2v) is 5.17. The monoisotopic (exact) mass is 251 g/mol. The smallest absolute Gasteiger partial charge is 0.310 e. The summed E-state index contributed by atoms with van der Waals surface area (Å²) in [6, 6.07) is 6.54. The summed E-state index contributed by atoms with van der Waals surface area (Å²) < 4.78 is 18.0. The van der Waals surface area contributed by atoms with Crippen molar-refractivity contribution >= 4 is 5.97 Å². The second-order valence-electron chi connectivity index (χ2n) is 5.17. The van der Waals surface area contributed by atoms with Crippen LogP contribution in [0.2, 0.25) is 0 Å². The highest BCUT2D eigenvalue weighted by Gasteiger charge is 2.43. The van der Waals surface area contributed by atoms with Crippen LogP contribution in [-0.2, 0) is 16.0 Å². The van der Waals surface area contributed by atoms with Crippen LogP contribution in [0.3, 0.4) is 0 Å². The summed E-state index contributed by atoms with van der Waals surface area (Å²) in [6.45, 7) is 3.40. The first kappa shape index (κ1) is 13.0. The fraction of sp³-hybridized carbons (Fsp3) is 0.500. The third kappa shape index (κ3) is 2.53. The van der Waals surface area contributed by atoms with Gasteiger partial charge in [-0.2, -0.15) is 0 Å². The van der Waals surface area contributed by atoms with Gasteiger partial charge in [0.1, 0.15) is 5.82 Å². The van der Waals surface area contributed by atoms with E-state index < -0.39 is 0 Å². The van der Waals surface area contributed by atoms with Gasteiger partial charge >= 0.3 is 5.97 Å². The normalized spacial score (nSPS) is 27.2. The Kier molecular flexibility index (Phi) is 3.66. The van der Waals surface area contributed by atoms with Crippen molar-refractivity contribution in [1.82, 2.24) is 5.32 Å². The lowest BCUT2D eigenvalue weighted by Crippen LogP contribution is -2.35. The lowest BCUT2D eigenvalue weighted by Gasteiger charge is -2.28. The minimum atomic E-state index is -0.239. The molecule has 1 aliphatic rings. The van der Waals surface area contributed by atoms with Crippen molar-refractivity contribution < 1.29 is 13.9 Å². The fourth-order valence-corrected chi connectivity index (χ4v) is 2.68. The average molecular weight is 251 g/mol. The predicted molar refractivity (Wildman–Crippen MR) is 66.6 cm³/mol. The van der Waals surface area contributed by atoms with Gasteiger partial charge in [-0.15, -0.1) is 0 Å². The number of esters is 1. The fourth-order valence-electron chi connectivity index (χ4n) is 2.68. The zero-order chi connectivity index (χ0) is 13.2. The summed E-state index contributed by atoms with van der Waals surface area (Å²) in [7, 11) is 1.41. The molecular weight excluding hydrogens is 233 g/mol. The molecule has 18 heavy (non-hydrogen) atoms. The summed E-state index contributed by atoms with van der Waals surface area (Å²) in [4.78, 5) is 11.8. The molecule has 2 rings (SSSR count). The van der Waals surface area contributed by atoms with Crippen molar-refractivity contribution in [2.45, 2.75) is 13.3 Å². The van der Waals surface area contributed by atoms with Crippen LogP contribution >= 0.6 is 0 Å². The summed E-state index contributed by atoms with van der Waals surface area (Å²) >= 11 is 0. The minimum Gasteiger partial charge on any atom is -0.469 e. The van der Waals surface area contributed by atoms with Gasteiger partial charge in [-0.05, 0) is 29.5 Å². The van der Waals surface area contributed by atoms with Crippen LogP contribution in [0.4, 0.5) is 4.39 Å². The number of nitrogens with one attached hydrogen (secondary N) is 1. The molecule has 1 saturated heterocycles. The van der Waals surface area contributed by atoms with Crippen molar-refractivity contribution in [1.29, 1.82) is 0 Å². The number of carbonyl (C=O) groups excluding carboxylic acids is 1. The molecule has 1 aromatic rings. The average Bonchev–Trinajstić information content (AvgIpc) is 2.70. The third-order valence-electron chi connectivity index (χ3n) is 3.70. The van der Waals surface area contributed by atoms with Gasteiger partial charge in [0.2, 0.25) is 0 Å². The van der Waals surface area contributed by atoms with Gasteiger partial charge < -0.3 is 10.1 Å². The number of hydrogen-bond acceptors (Lipinski definition) is 3. The van der Waals surface area contributed by atoms with Gasteiger partial charge in [0.25, 0.3) is 0 Å². The zero-order valence-electron chi connectivity index (χ0n) is 10.7. The van der Waals surface area contributed by atoms with E-state index in [0.29, 0.717) is 13.0 Å². The van der Waals surface area contributed by atoms with E-state index in [0.717, 1.165) is 12.1 Å². The van der Waals surface area contributed by atoms with E-state index in [2.05, 4.69) is 5.32 Å². The van der Waals surface area contributed by atoms with E-state index in [4.69, 9.17) is 4.74 Å². The van der Waals surface area contributed by atoms with Crippen molar-refractivity contribution in [3.05, 3.63) is 35.6 Å². The standard InChI is InChI=1S/C14H18FNO2/c1-14(7-10-4-3-5-11(15)6-10)9-16-8-12(14)13(17)18-2/h3-6,12,16H,7-9H2,1-2H3. The van der Waals surface area contributed by atoms with Crippen LogP contribution in [0.1, 0.15) is 12.5 Å². The molecule has 98 valence electrons. The highest BCUT2D eigenvalue weighted by atomic mass is 19.1. The van der Waals surface area contributed by atoms with E-state index in [-0.39, 0.29) is 23.1 Å². The molecular formula is C14H18FNO2. The Morgan fingerprint density at radius 1 is 1.61 bits per heavy atom. The lowest BCUT2D eigenvalue weighted by molar-refractivity contribution is -0.148. The van der Waals surface area contributed by atoms with Gasteiger partial charge in [0.15, 0.2) is 0 Å². The molecule has 2 unspecified atom stereocenters. The van der Waals surface area contributed by atoms with Gasteiger partial charge in [-0.25, -0.2) is 4.39 Å². The molecule has 2 atom stereocenters. The first-order chi connectivity index (χ1) is 8.55. The van der Waals surface area contributed by atoms with Gasteiger partial charge in [-0.3, -0.25) is 4.79 Å². The van der Waals surface area contributed by atoms with Crippen LogP contribution in [0.25, 0.3) is 0 Å². The van der Waals surface area contributed by atoms with E-state index in [1.165, 1.54) is 19.2 Å². The molecule has 0 bridgehead atoms. The maximum Gasteiger partial charge on any atom is 0.310 e. The molecule has 1 N–H and O–H groups in total. The molecule has 0 amide bonds. The first-order valence-electron chi connectivity index (χ1n) is 6.08. The highest BCUT2D eigenvalue weighted by Crippen LogP contribution is 2.35. The van der Waals surface area contributed by atoms with Gasteiger partial charge in [0.05, 0.1) is 13.0 Å². The van der Waals surface area contributed by atoms with Crippen LogP contribution in [-0.4, -0.2) is 26.2 Å². The Hall–Kier alpha value is -1.42. The van der Waals surface area contributed by atoms with Crippen LogP contribution in [0, 0.1) is 17.2 Å². The Labute approximate surface area is 106 Å². The number of hydrogen-bond donors (Lipinski definition) is 1. The quantitative estimate of drug-likeness (QED) is 0.832. The number of methoxy groups -OCH3 is 1. The molecule has 3 nitrogen and oxygen atoms in total. The highest BCUT2D eigenvalue weighted by molar-refractivity contribution is 5.74. The molecule has 0 spiro atoms. The van der Waals surface area contributed by atoms with E-state index >= 15 is 0 Å². The summed E-state index contributed by atoms with van der Waals surface area (Å²) in [5.74, 6) is -0.610. The largest absolute Gasteiger partial charge is 0.469 e. The van der Waals surface area contributed by atoms with E-state index in [1.54, 1.807) is 6.07 Å². The number of rotatable bonds is 3. The van der Waals surface area contributed by atoms with Gasteiger partial charge in [-0.1, -0.05) is 19.1 Å². The van der Waals surface area contributed by atoms with Crippen LogP contribution < -0.4 is 5.32 Å². The molecule has 1 aromatic carbocycles. The first-order valence-corrected chi connectivity index (χ1v) is 6.08. The second kappa shape index (κ2) is 5.06. The van der Waals surface area contributed by atoms with Crippen LogP contribution in [0.5, 0.6) is 0 Å². The van der Waals surface area contributed by atoms with E-state index in [1.807, 2.05) is 13.0 Å². The molecule has 0 aromatic heterocycles. The maximum absolute atomic E-state index is 13.2. The lowest BCUT2D eigenvalue weighted by atomic mass is 9.75. The molecule has 4 heteroatoms. The Bertz CT molecular complexity index is 449.